The van der Waals surface area contributed by atoms with Crippen molar-refractivity contribution in [2.24, 2.45) is 10.2 Å². The van der Waals surface area contributed by atoms with Crippen molar-refractivity contribution in [2.45, 2.75) is 110 Å². The van der Waals surface area contributed by atoms with Gasteiger partial charge in [-0.1, -0.05) is 144 Å². The van der Waals surface area contributed by atoms with Gasteiger partial charge in [0.05, 0.1) is 40.7 Å². The van der Waals surface area contributed by atoms with E-state index in [0.717, 1.165) is 23.9 Å². The van der Waals surface area contributed by atoms with Gasteiger partial charge in [0.1, 0.15) is 17.2 Å². The second kappa shape index (κ2) is 23.2. The predicted octanol–water partition coefficient (Wildman–Crippen LogP) is 14.1. The zero-order chi connectivity index (χ0) is 45.7. The van der Waals surface area contributed by atoms with Gasteiger partial charge in [0.15, 0.2) is 29.1 Å². The summed E-state index contributed by atoms with van der Waals surface area (Å²) in [6.45, 7) is 8.17. The second-order valence-electron chi connectivity index (χ2n) is 16.2. The summed E-state index contributed by atoms with van der Waals surface area (Å²) in [4.78, 5) is 29.3. The SMILES string of the molecule is CCCCCCCCCCCCC(Oc1ccc(O)c(C(C)(C)C)c1)C(=O)NN(c1ccccc1Cl)c1[nH]n(-c2c(Cl)cc(Cl)cc2Cl)c(=O)c1N=Nc1ccc(OC)c(OC)c1. The van der Waals surface area contributed by atoms with Crippen molar-refractivity contribution >= 4 is 75.2 Å². The van der Waals surface area contributed by atoms with E-state index in [1.807, 2.05) is 20.8 Å². The van der Waals surface area contributed by atoms with Crippen molar-refractivity contribution < 1.29 is 24.1 Å². The highest BCUT2D eigenvalue weighted by molar-refractivity contribution is 6.40. The summed E-state index contributed by atoms with van der Waals surface area (Å²) in [6, 6.07) is 19.5. The first-order valence-electron chi connectivity index (χ1n) is 21.2. The summed E-state index contributed by atoms with van der Waals surface area (Å²) < 4.78 is 18.4. The number of amides is 1. The van der Waals surface area contributed by atoms with Crippen molar-refractivity contribution in [3.63, 3.8) is 0 Å². The standard InChI is InChI=1S/C47H56Cl4N6O6/c1-7-8-9-10-11-12-13-14-15-16-21-40(63-32-23-24-38(58)33(29-32)47(2,3)4)45(59)55-56(37-20-18-17-19-34(37)49)44-42(53-52-31-22-25-39(61-5)41(28-31)62-6)46(60)57(54-44)43-35(50)26-30(48)27-36(43)51/h17-20,22-29,40,54,58H,7-16,21H2,1-6H3,(H,55,59). The van der Waals surface area contributed by atoms with Gasteiger partial charge in [-0.2, -0.15) is 5.11 Å². The number of carbonyl (C=O) groups excluding carboxylic acids is 1. The Morgan fingerprint density at radius 2 is 1.44 bits per heavy atom. The number of nitrogens with zero attached hydrogens (tertiary/aromatic N) is 4. The largest absolute Gasteiger partial charge is 0.508 e. The monoisotopic (exact) mass is 940 g/mol. The molecule has 12 nitrogen and oxygen atoms in total. The number of aromatic nitrogens is 2. The van der Waals surface area contributed by atoms with Gasteiger partial charge >= 0.3 is 5.56 Å². The first kappa shape index (κ1) is 49.1. The number of benzene rings is 4. The van der Waals surface area contributed by atoms with E-state index < -0.39 is 23.0 Å². The Hall–Kier alpha value is -4.88. The molecule has 1 heterocycles. The Morgan fingerprint density at radius 1 is 0.810 bits per heavy atom. The maximum atomic E-state index is 14.8. The summed E-state index contributed by atoms with van der Waals surface area (Å²) >= 11 is 26.4. The van der Waals surface area contributed by atoms with E-state index in [-0.39, 0.29) is 48.7 Å². The number of aromatic amines is 1. The first-order valence-corrected chi connectivity index (χ1v) is 22.7. The Balaban J connectivity index is 1.57. The van der Waals surface area contributed by atoms with Gasteiger partial charge < -0.3 is 19.3 Å². The highest BCUT2D eigenvalue weighted by Crippen LogP contribution is 2.39. The Kier molecular flexibility index (Phi) is 18.1. The number of rotatable bonds is 22. The first-order chi connectivity index (χ1) is 30.2. The molecule has 338 valence electrons. The highest BCUT2D eigenvalue weighted by atomic mass is 35.5. The molecule has 0 aliphatic carbocycles. The fourth-order valence-corrected chi connectivity index (χ4v) is 8.24. The molecule has 0 aliphatic rings. The lowest BCUT2D eigenvalue weighted by Gasteiger charge is -2.28. The molecule has 0 aliphatic heterocycles. The molecule has 0 fully saturated rings. The molecule has 1 unspecified atom stereocenters. The molecule has 4 aromatic carbocycles. The van der Waals surface area contributed by atoms with Crippen LogP contribution in [0.3, 0.4) is 0 Å². The number of ether oxygens (including phenoxy) is 3. The number of hydrogen-bond acceptors (Lipinski definition) is 9. The van der Waals surface area contributed by atoms with Gasteiger partial charge in [-0.15, -0.1) is 5.11 Å². The average Bonchev–Trinajstić information content (AvgIpc) is 3.56. The minimum absolute atomic E-state index is 0.0369. The topological polar surface area (TPSA) is 143 Å². The number of azo groups is 1. The molecule has 16 heteroatoms. The number of hydrogen-bond donors (Lipinski definition) is 3. The molecule has 63 heavy (non-hydrogen) atoms. The molecule has 3 N–H and O–H groups in total. The summed E-state index contributed by atoms with van der Waals surface area (Å²) in [6.07, 6.45) is 10.5. The van der Waals surface area contributed by atoms with Crippen LogP contribution in [0.5, 0.6) is 23.0 Å². The van der Waals surface area contributed by atoms with Crippen LogP contribution in [0, 0.1) is 0 Å². The number of unbranched alkanes of at least 4 members (excludes halogenated alkanes) is 9. The van der Waals surface area contributed by atoms with Gasteiger partial charge in [-0.05, 0) is 72.9 Å². The molecule has 0 saturated heterocycles. The van der Waals surface area contributed by atoms with E-state index in [2.05, 4.69) is 27.7 Å². The van der Waals surface area contributed by atoms with Crippen molar-refractivity contribution in [3.05, 3.63) is 109 Å². The highest BCUT2D eigenvalue weighted by Gasteiger charge is 2.30. The number of methoxy groups -OCH3 is 2. The fraction of sp³-hybridized carbons (Fsp3) is 0.404. The fourth-order valence-electron chi connectivity index (χ4n) is 7.03. The second-order valence-corrected chi connectivity index (χ2v) is 17.8. The zero-order valence-electron chi connectivity index (χ0n) is 36.6. The van der Waals surface area contributed by atoms with E-state index in [1.54, 1.807) is 60.7 Å². The van der Waals surface area contributed by atoms with Crippen LogP contribution < -0.4 is 30.2 Å². The number of para-hydroxylation sites is 1. The Bertz CT molecular complexity index is 2390. The zero-order valence-corrected chi connectivity index (χ0v) is 39.6. The molecule has 0 radical (unpaired) electrons. The van der Waals surface area contributed by atoms with E-state index in [1.165, 1.54) is 69.9 Å². The van der Waals surface area contributed by atoms with Crippen molar-refractivity contribution in [1.82, 2.24) is 15.2 Å². The third-order valence-electron chi connectivity index (χ3n) is 10.4. The number of H-pyrrole nitrogens is 1. The van der Waals surface area contributed by atoms with Crippen LogP contribution in [-0.2, 0) is 10.2 Å². The number of aromatic hydroxyl groups is 1. The smallest absolute Gasteiger partial charge is 0.301 e. The van der Waals surface area contributed by atoms with Gasteiger partial charge in [0.2, 0.25) is 0 Å². The molecule has 1 aromatic heterocycles. The molecule has 0 saturated carbocycles. The number of hydrazine groups is 1. The molecule has 1 amide bonds. The normalized spacial score (nSPS) is 12.1. The van der Waals surface area contributed by atoms with E-state index in [4.69, 9.17) is 60.6 Å². The number of phenols is 1. The number of anilines is 2. The lowest BCUT2D eigenvalue weighted by atomic mass is 9.86. The maximum absolute atomic E-state index is 14.8. The van der Waals surface area contributed by atoms with Crippen LogP contribution in [0.1, 0.15) is 104 Å². The lowest BCUT2D eigenvalue weighted by Crippen LogP contribution is -2.47. The van der Waals surface area contributed by atoms with Gasteiger partial charge in [-0.25, -0.2) is 9.69 Å². The summed E-state index contributed by atoms with van der Waals surface area (Å²) in [5, 5.41) is 24.6. The number of phenolic OH excluding ortho intramolecular Hbond substituents is 1. The van der Waals surface area contributed by atoms with Crippen molar-refractivity contribution in [3.8, 4) is 28.7 Å². The average molecular weight is 943 g/mol. The van der Waals surface area contributed by atoms with Crippen LogP contribution in [0.15, 0.2) is 87.8 Å². The Labute approximate surface area is 389 Å². The molecular formula is C47H56Cl4N6O6. The van der Waals surface area contributed by atoms with E-state index >= 15 is 0 Å². The number of nitrogens with one attached hydrogen (secondary N) is 2. The molecule has 0 bridgehead atoms. The maximum Gasteiger partial charge on any atom is 0.301 e. The predicted molar refractivity (Wildman–Crippen MR) is 255 cm³/mol. The van der Waals surface area contributed by atoms with Crippen LogP contribution in [0.2, 0.25) is 20.1 Å². The third-order valence-corrected chi connectivity index (χ3v) is 11.5. The summed E-state index contributed by atoms with van der Waals surface area (Å²) in [5.41, 5.74) is 2.97. The minimum Gasteiger partial charge on any atom is -0.508 e. The quantitative estimate of drug-likeness (QED) is 0.0356. The van der Waals surface area contributed by atoms with Crippen LogP contribution in [-0.4, -0.2) is 41.1 Å². The minimum atomic E-state index is -1.02. The Morgan fingerprint density at radius 3 is 2.06 bits per heavy atom. The van der Waals surface area contributed by atoms with Crippen molar-refractivity contribution in [1.29, 1.82) is 0 Å². The summed E-state index contributed by atoms with van der Waals surface area (Å²) in [5.74, 6) is 0.810. The molecular weight excluding hydrogens is 886 g/mol. The number of carbonyl (C=O) groups is 1. The van der Waals surface area contributed by atoms with Gasteiger partial charge in [-0.3, -0.25) is 20.1 Å². The van der Waals surface area contributed by atoms with Crippen molar-refractivity contribution in [2.75, 3.05) is 19.2 Å². The lowest BCUT2D eigenvalue weighted by molar-refractivity contribution is -0.128. The third kappa shape index (κ3) is 13.1. The van der Waals surface area contributed by atoms with Gasteiger partial charge in [0, 0.05) is 16.7 Å². The number of halogens is 4. The van der Waals surface area contributed by atoms with Crippen LogP contribution >= 0.6 is 46.4 Å². The molecule has 5 rings (SSSR count). The van der Waals surface area contributed by atoms with Crippen LogP contribution in [0.4, 0.5) is 22.9 Å². The molecule has 5 aromatic rings. The molecule has 1 atom stereocenters. The molecule has 0 spiro atoms. The van der Waals surface area contributed by atoms with E-state index in [9.17, 15) is 14.7 Å². The summed E-state index contributed by atoms with van der Waals surface area (Å²) in [7, 11) is 3.00. The van der Waals surface area contributed by atoms with Crippen LogP contribution in [0.25, 0.3) is 5.69 Å². The van der Waals surface area contributed by atoms with E-state index in [0.29, 0.717) is 41.3 Å². The van der Waals surface area contributed by atoms with Gasteiger partial charge in [0.25, 0.3) is 5.91 Å².